The molecule has 0 amide bonds. The van der Waals surface area contributed by atoms with Gasteiger partial charge in [0.15, 0.2) is 5.82 Å². The average molecular weight is 313 g/mol. The smallest absolute Gasteiger partial charge is 0.342 e. The van der Waals surface area contributed by atoms with Crippen LogP contribution in [0.3, 0.4) is 0 Å². The molecular formula is C12H13ClN4O2S. The Morgan fingerprint density at radius 1 is 1.55 bits per heavy atom. The predicted molar refractivity (Wildman–Crippen MR) is 80.2 cm³/mol. The fraction of sp³-hybridized carbons (Fsp3) is 0.250. The molecule has 0 bridgehead atoms. The normalized spacial score (nSPS) is 10.7. The van der Waals surface area contributed by atoms with Crippen molar-refractivity contribution in [1.29, 1.82) is 0 Å². The van der Waals surface area contributed by atoms with Gasteiger partial charge in [0.25, 0.3) is 0 Å². The van der Waals surface area contributed by atoms with Crippen LogP contribution in [0, 0.1) is 17.0 Å². The number of halogens is 1. The minimum atomic E-state index is -0.430. The van der Waals surface area contributed by atoms with Gasteiger partial charge < -0.3 is 15.8 Å². The number of anilines is 1. The van der Waals surface area contributed by atoms with Crippen LogP contribution in [0.4, 0.5) is 11.5 Å². The number of hydrogen-bond donors (Lipinski definition) is 1. The highest BCUT2D eigenvalue weighted by Crippen LogP contribution is 2.29. The summed E-state index contributed by atoms with van der Waals surface area (Å²) in [7, 11) is 0. The van der Waals surface area contributed by atoms with Gasteiger partial charge in [0.1, 0.15) is 12.7 Å². The van der Waals surface area contributed by atoms with Crippen molar-refractivity contribution in [3.05, 3.63) is 45.4 Å². The fourth-order valence-corrected chi connectivity index (χ4v) is 2.97. The van der Waals surface area contributed by atoms with Crippen LogP contribution in [-0.2, 0) is 6.54 Å². The van der Waals surface area contributed by atoms with Gasteiger partial charge in [-0.3, -0.25) is 0 Å². The van der Waals surface area contributed by atoms with E-state index in [0.717, 1.165) is 4.90 Å². The van der Waals surface area contributed by atoms with Gasteiger partial charge in [0, 0.05) is 23.3 Å². The third-order valence-corrected chi connectivity index (χ3v) is 4.23. The zero-order valence-corrected chi connectivity index (χ0v) is 12.3. The van der Waals surface area contributed by atoms with Crippen molar-refractivity contribution in [3.8, 4) is 0 Å². The molecule has 1 heterocycles. The molecule has 1 aromatic heterocycles. The van der Waals surface area contributed by atoms with E-state index in [1.165, 1.54) is 18.0 Å². The summed E-state index contributed by atoms with van der Waals surface area (Å²) in [5.41, 5.74) is 6.24. The molecule has 0 radical (unpaired) electrons. The molecule has 8 heteroatoms. The Morgan fingerprint density at radius 2 is 2.30 bits per heavy atom. The third kappa shape index (κ3) is 3.23. The molecule has 0 saturated heterocycles. The third-order valence-electron chi connectivity index (χ3n) is 2.75. The van der Waals surface area contributed by atoms with Gasteiger partial charge in [-0.1, -0.05) is 11.6 Å². The molecule has 0 unspecified atom stereocenters. The van der Waals surface area contributed by atoms with Crippen LogP contribution in [0.5, 0.6) is 0 Å². The summed E-state index contributed by atoms with van der Waals surface area (Å²) < 4.78 is 1.58. The van der Waals surface area contributed by atoms with Crippen molar-refractivity contribution in [2.45, 2.75) is 18.4 Å². The maximum absolute atomic E-state index is 10.9. The highest BCUT2D eigenvalue weighted by Gasteiger charge is 2.16. The van der Waals surface area contributed by atoms with Gasteiger partial charge in [0.2, 0.25) is 0 Å². The summed E-state index contributed by atoms with van der Waals surface area (Å²) in [6.45, 7) is 2.24. The maximum atomic E-state index is 10.9. The molecule has 0 aliphatic heterocycles. The van der Waals surface area contributed by atoms with Crippen molar-refractivity contribution in [1.82, 2.24) is 9.55 Å². The van der Waals surface area contributed by atoms with E-state index < -0.39 is 4.92 Å². The minimum absolute atomic E-state index is 0.00602. The number of hydrogen-bond acceptors (Lipinski definition) is 5. The van der Waals surface area contributed by atoms with Crippen molar-refractivity contribution >= 4 is 34.9 Å². The predicted octanol–water partition coefficient (Wildman–Crippen LogP) is 3.13. The Labute approximate surface area is 125 Å². The highest BCUT2D eigenvalue weighted by atomic mass is 35.5. The molecule has 0 saturated carbocycles. The monoisotopic (exact) mass is 312 g/mol. The van der Waals surface area contributed by atoms with E-state index in [1.54, 1.807) is 23.6 Å². The number of imidazole rings is 1. The Hall–Kier alpha value is -1.73. The van der Waals surface area contributed by atoms with Gasteiger partial charge in [-0.05, 0) is 23.1 Å². The Balaban J connectivity index is 2.03. The molecule has 0 atom stereocenters. The molecule has 20 heavy (non-hydrogen) atoms. The van der Waals surface area contributed by atoms with Crippen LogP contribution < -0.4 is 5.73 Å². The van der Waals surface area contributed by atoms with E-state index in [-0.39, 0.29) is 5.82 Å². The fourth-order valence-electron chi connectivity index (χ4n) is 1.76. The van der Waals surface area contributed by atoms with Crippen molar-refractivity contribution in [2.75, 3.05) is 11.5 Å². The molecule has 2 aromatic rings. The summed E-state index contributed by atoms with van der Waals surface area (Å²) >= 11 is 7.60. The molecule has 106 valence electrons. The molecule has 0 spiro atoms. The number of rotatable bonds is 5. The van der Waals surface area contributed by atoms with Crippen LogP contribution in [-0.4, -0.2) is 20.2 Å². The SMILES string of the molecule is Cc1ncc([N+](=O)[O-])n1CCSc1ccc(N)cc1Cl. The number of benzene rings is 1. The Morgan fingerprint density at radius 3 is 2.95 bits per heavy atom. The zero-order chi connectivity index (χ0) is 14.7. The van der Waals surface area contributed by atoms with Crippen molar-refractivity contribution in [3.63, 3.8) is 0 Å². The topological polar surface area (TPSA) is 87.0 Å². The van der Waals surface area contributed by atoms with Gasteiger partial charge in [0.05, 0.1) is 5.02 Å². The van der Waals surface area contributed by atoms with E-state index in [9.17, 15) is 10.1 Å². The van der Waals surface area contributed by atoms with Crippen LogP contribution in [0.1, 0.15) is 5.82 Å². The number of nitrogen functional groups attached to an aromatic ring is 1. The van der Waals surface area contributed by atoms with Gasteiger partial charge >= 0.3 is 5.82 Å². The van der Waals surface area contributed by atoms with Crippen LogP contribution in [0.25, 0.3) is 0 Å². The Kier molecular flexibility index (Phi) is 4.51. The Bertz CT molecular complexity index is 644. The lowest BCUT2D eigenvalue weighted by Gasteiger charge is -2.05. The van der Waals surface area contributed by atoms with E-state index in [1.807, 2.05) is 6.07 Å². The van der Waals surface area contributed by atoms with E-state index in [2.05, 4.69) is 4.98 Å². The number of nitro groups is 1. The van der Waals surface area contributed by atoms with E-state index in [4.69, 9.17) is 17.3 Å². The maximum Gasteiger partial charge on any atom is 0.342 e. The van der Waals surface area contributed by atoms with Gasteiger partial charge in [-0.15, -0.1) is 11.8 Å². The molecular weight excluding hydrogens is 300 g/mol. The second-order valence-corrected chi connectivity index (χ2v) is 5.65. The first kappa shape index (κ1) is 14.7. The number of nitrogens with two attached hydrogens (primary N) is 1. The summed E-state index contributed by atoms with van der Waals surface area (Å²) in [5, 5.41) is 11.5. The lowest BCUT2D eigenvalue weighted by atomic mass is 10.3. The van der Waals surface area contributed by atoms with Gasteiger partial charge in [-0.2, -0.15) is 0 Å². The number of aromatic nitrogens is 2. The van der Waals surface area contributed by atoms with E-state index >= 15 is 0 Å². The first-order valence-electron chi connectivity index (χ1n) is 5.83. The molecule has 0 aliphatic carbocycles. The summed E-state index contributed by atoms with van der Waals surface area (Å²) in [6, 6.07) is 5.31. The standard InChI is InChI=1S/C12H13ClN4O2S/c1-8-15-7-12(17(18)19)16(8)4-5-20-11-3-2-9(14)6-10(11)13/h2-3,6-7H,4-5,14H2,1H3. The second-order valence-electron chi connectivity index (χ2n) is 4.11. The minimum Gasteiger partial charge on any atom is -0.399 e. The largest absolute Gasteiger partial charge is 0.399 e. The molecule has 2 rings (SSSR count). The summed E-state index contributed by atoms with van der Waals surface area (Å²) in [4.78, 5) is 15.3. The average Bonchev–Trinajstić information content (AvgIpc) is 2.74. The van der Waals surface area contributed by atoms with Crippen LogP contribution in [0.15, 0.2) is 29.3 Å². The lowest BCUT2D eigenvalue weighted by Crippen LogP contribution is -2.06. The van der Waals surface area contributed by atoms with Crippen molar-refractivity contribution in [2.24, 2.45) is 0 Å². The lowest BCUT2D eigenvalue weighted by molar-refractivity contribution is -0.392. The quantitative estimate of drug-likeness (QED) is 0.396. The van der Waals surface area contributed by atoms with Crippen LogP contribution in [0.2, 0.25) is 5.02 Å². The summed E-state index contributed by atoms with van der Waals surface area (Å²) in [6.07, 6.45) is 1.27. The molecule has 0 fully saturated rings. The molecule has 1 aromatic carbocycles. The van der Waals surface area contributed by atoms with E-state index in [0.29, 0.717) is 28.8 Å². The van der Waals surface area contributed by atoms with Crippen LogP contribution >= 0.6 is 23.4 Å². The summed E-state index contributed by atoms with van der Waals surface area (Å²) in [5.74, 6) is 1.29. The second kappa shape index (κ2) is 6.15. The molecule has 6 nitrogen and oxygen atoms in total. The number of thioether (sulfide) groups is 1. The zero-order valence-electron chi connectivity index (χ0n) is 10.7. The molecule has 0 aliphatic rings. The molecule has 2 N–H and O–H groups in total. The first-order chi connectivity index (χ1) is 9.49. The number of nitrogens with zero attached hydrogens (tertiary/aromatic N) is 3. The highest BCUT2D eigenvalue weighted by molar-refractivity contribution is 7.99. The first-order valence-corrected chi connectivity index (χ1v) is 7.19. The van der Waals surface area contributed by atoms with Gasteiger partial charge in [-0.25, -0.2) is 9.55 Å². The number of aryl methyl sites for hydroxylation is 1. The van der Waals surface area contributed by atoms with Crippen molar-refractivity contribution < 1.29 is 4.92 Å².